The van der Waals surface area contributed by atoms with Gasteiger partial charge in [0.05, 0.1) is 10.6 Å². The Kier molecular flexibility index (Phi) is 4.55. The molecule has 2 aromatic rings. The number of hydrogen-bond donors (Lipinski definition) is 0. The number of amides is 2. The van der Waals surface area contributed by atoms with Crippen molar-refractivity contribution in [3.05, 3.63) is 64.1 Å². The van der Waals surface area contributed by atoms with Gasteiger partial charge in [0.15, 0.2) is 0 Å². The summed E-state index contributed by atoms with van der Waals surface area (Å²) in [4.78, 5) is 28.1. The Hall–Kier alpha value is -2.04. The van der Waals surface area contributed by atoms with Gasteiger partial charge in [-0.1, -0.05) is 41.4 Å². The Balaban J connectivity index is 1.75. The molecule has 23 heavy (non-hydrogen) atoms. The van der Waals surface area contributed by atoms with Crippen molar-refractivity contribution < 1.29 is 9.59 Å². The van der Waals surface area contributed by atoms with Gasteiger partial charge in [0.25, 0.3) is 5.91 Å². The third kappa shape index (κ3) is 3.33. The van der Waals surface area contributed by atoms with Gasteiger partial charge < -0.3 is 9.80 Å². The molecule has 1 aliphatic heterocycles. The largest absolute Gasteiger partial charge is 0.327 e. The lowest BCUT2D eigenvalue weighted by Crippen LogP contribution is -2.52. The second-order valence-corrected chi connectivity index (χ2v) is 6.08. The van der Waals surface area contributed by atoms with Crippen molar-refractivity contribution in [2.24, 2.45) is 0 Å². The normalized spacial score (nSPS) is 15.0. The van der Waals surface area contributed by atoms with Gasteiger partial charge >= 0.3 is 0 Å². The third-order valence-corrected chi connectivity index (χ3v) is 4.29. The second-order valence-electron chi connectivity index (χ2n) is 5.23. The molecule has 4 nitrogen and oxygen atoms in total. The van der Waals surface area contributed by atoms with Crippen molar-refractivity contribution in [2.45, 2.75) is 0 Å². The van der Waals surface area contributed by atoms with Crippen molar-refractivity contribution in [3.8, 4) is 0 Å². The van der Waals surface area contributed by atoms with Crippen LogP contribution in [0, 0.1) is 0 Å². The van der Waals surface area contributed by atoms with Crippen molar-refractivity contribution in [1.29, 1.82) is 0 Å². The van der Waals surface area contributed by atoms with Gasteiger partial charge in [0.1, 0.15) is 6.54 Å². The van der Waals surface area contributed by atoms with Crippen LogP contribution in [0.25, 0.3) is 0 Å². The zero-order chi connectivity index (χ0) is 16.4. The van der Waals surface area contributed by atoms with E-state index in [4.69, 9.17) is 23.2 Å². The zero-order valence-electron chi connectivity index (χ0n) is 12.2. The number of nitrogens with zero attached hydrogens (tertiary/aromatic N) is 2. The van der Waals surface area contributed by atoms with Crippen molar-refractivity contribution >= 4 is 40.7 Å². The standard InChI is InChI=1S/C17H14Cl2N2O2/c18-12-6-7-14(15(19)10-12)17(23)20-8-9-21(16(22)11-20)13-4-2-1-3-5-13/h1-7,10H,8-9,11H2. The highest BCUT2D eigenvalue weighted by molar-refractivity contribution is 6.36. The first-order valence-electron chi connectivity index (χ1n) is 7.16. The summed E-state index contributed by atoms with van der Waals surface area (Å²) in [6, 6.07) is 14.1. The van der Waals surface area contributed by atoms with Crippen LogP contribution in [0.3, 0.4) is 0 Å². The number of anilines is 1. The Bertz CT molecular complexity index is 750. The van der Waals surface area contributed by atoms with Crippen molar-refractivity contribution in [2.75, 3.05) is 24.5 Å². The molecule has 0 spiro atoms. The first-order valence-corrected chi connectivity index (χ1v) is 7.91. The molecule has 0 radical (unpaired) electrons. The lowest BCUT2D eigenvalue weighted by Gasteiger charge is -2.34. The molecule has 0 N–H and O–H groups in total. The molecule has 118 valence electrons. The van der Waals surface area contributed by atoms with Crippen LogP contribution in [-0.2, 0) is 4.79 Å². The summed E-state index contributed by atoms with van der Waals surface area (Å²) in [6.07, 6.45) is 0. The predicted molar refractivity (Wildman–Crippen MR) is 91.2 cm³/mol. The first-order chi connectivity index (χ1) is 11.1. The molecule has 0 aromatic heterocycles. The van der Waals surface area contributed by atoms with Gasteiger partial charge in [0.2, 0.25) is 5.91 Å². The molecular weight excluding hydrogens is 335 g/mol. The molecule has 2 aromatic carbocycles. The van der Waals surface area contributed by atoms with E-state index in [0.29, 0.717) is 28.7 Å². The highest BCUT2D eigenvalue weighted by Gasteiger charge is 2.29. The molecule has 0 atom stereocenters. The lowest BCUT2D eigenvalue weighted by molar-refractivity contribution is -0.120. The molecule has 0 saturated carbocycles. The van der Waals surface area contributed by atoms with Gasteiger partial charge in [-0.05, 0) is 30.3 Å². The van der Waals surface area contributed by atoms with Crippen LogP contribution in [0.15, 0.2) is 48.5 Å². The summed E-state index contributed by atoms with van der Waals surface area (Å²) < 4.78 is 0. The summed E-state index contributed by atoms with van der Waals surface area (Å²) in [6.45, 7) is 0.949. The molecule has 2 amide bonds. The van der Waals surface area contributed by atoms with Crippen LogP contribution >= 0.6 is 23.2 Å². The number of piperazine rings is 1. The minimum Gasteiger partial charge on any atom is -0.327 e. The molecule has 1 aliphatic rings. The molecule has 1 fully saturated rings. The van der Waals surface area contributed by atoms with E-state index in [9.17, 15) is 9.59 Å². The Morgan fingerprint density at radius 1 is 1.00 bits per heavy atom. The van der Waals surface area contributed by atoms with E-state index in [1.807, 2.05) is 30.3 Å². The SMILES string of the molecule is O=C(c1ccc(Cl)cc1Cl)N1CCN(c2ccccc2)C(=O)C1. The quantitative estimate of drug-likeness (QED) is 0.833. The van der Waals surface area contributed by atoms with Crippen molar-refractivity contribution in [1.82, 2.24) is 4.90 Å². The summed E-state index contributed by atoms with van der Waals surface area (Å²) in [5, 5.41) is 0.761. The van der Waals surface area contributed by atoms with Crippen LogP contribution in [0.4, 0.5) is 5.69 Å². The Labute approximate surface area is 144 Å². The molecule has 0 bridgehead atoms. The van der Waals surface area contributed by atoms with Gasteiger partial charge in [-0.25, -0.2) is 0 Å². The average molecular weight is 349 g/mol. The van der Waals surface area contributed by atoms with Crippen molar-refractivity contribution in [3.63, 3.8) is 0 Å². The van der Waals surface area contributed by atoms with E-state index < -0.39 is 0 Å². The Morgan fingerprint density at radius 2 is 1.74 bits per heavy atom. The fraction of sp³-hybridized carbons (Fsp3) is 0.176. The number of hydrogen-bond acceptors (Lipinski definition) is 2. The van der Waals surface area contributed by atoms with E-state index in [1.165, 1.54) is 11.0 Å². The molecule has 3 rings (SSSR count). The number of benzene rings is 2. The Morgan fingerprint density at radius 3 is 2.39 bits per heavy atom. The maximum absolute atomic E-state index is 12.5. The predicted octanol–water partition coefficient (Wildman–Crippen LogP) is 3.48. The number of halogens is 2. The fourth-order valence-electron chi connectivity index (χ4n) is 2.56. The van der Waals surface area contributed by atoms with Crippen LogP contribution in [-0.4, -0.2) is 36.3 Å². The number of carbonyl (C=O) groups is 2. The molecule has 6 heteroatoms. The maximum Gasteiger partial charge on any atom is 0.255 e. The maximum atomic E-state index is 12.5. The fourth-order valence-corrected chi connectivity index (χ4v) is 3.05. The average Bonchev–Trinajstić information content (AvgIpc) is 2.55. The molecule has 0 aliphatic carbocycles. The number of carbonyl (C=O) groups excluding carboxylic acids is 2. The van der Waals surface area contributed by atoms with E-state index >= 15 is 0 Å². The van der Waals surface area contributed by atoms with E-state index in [2.05, 4.69) is 0 Å². The minimum absolute atomic E-state index is 0.0344. The summed E-state index contributed by atoms with van der Waals surface area (Å²) in [5.41, 5.74) is 1.20. The smallest absolute Gasteiger partial charge is 0.255 e. The van der Waals surface area contributed by atoms with Crippen LogP contribution < -0.4 is 4.90 Å². The van der Waals surface area contributed by atoms with Crippen LogP contribution in [0.1, 0.15) is 10.4 Å². The summed E-state index contributed by atoms with van der Waals surface area (Å²) in [5.74, 6) is -0.367. The molecule has 1 heterocycles. The zero-order valence-corrected chi connectivity index (χ0v) is 13.7. The second kappa shape index (κ2) is 6.60. The van der Waals surface area contributed by atoms with Crippen LogP contribution in [0.5, 0.6) is 0 Å². The van der Waals surface area contributed by atoms with Gasteiger partial charge in [-0.3, -0.25) is 9.59 Å². The third-order valence-electron chi connectivity index (χ3n) is 3.74. The molecular formula is C17H14Cl2N2O2. The number of rotatable bonds is 2. The highest BCUT2D eigenvalue weighted by Crippen LogP contribution is 2.24. The topological polar surface area (TPSA) is 40.6 Å². The summed E-state index contributed by atoms with van der Waals surface area (Å²) in [7, 11) is 0. The van der Waals surface area contributed by atoms with Gasteiger partial charge in [-0.2, -0.15) is 0 Å². The molecule has 0 unspecified atom stereocenters. The lowest BCUT2D eigenvalue weighted by atomic mass is 10.1. The van der Waals surface area contributed by atoms with Gasteiger partial charge in [0, 0.05) is 23.8 Å². The van der Waals surface area contributed by atoms with Crippen LogP contribution in [0.2, 0.25) is 10.0 Å². The van der Waals surface area contributed by atoms with E-state index in [1.54, 1.807) is 17.0 Å². The first kappa shape index (κ1) is 15.8. The number of para-hydroxylation sites is 1. The summed E-state index contributed by atoms with van der Waals surface area (Å²) >= 11 is 11.9. The van der Waals surface area contributed by atoms with Gasteiger partial charge in [-0.15, -0.1) is 0 Å². The van der Waals surface area contributed by atoms with E-state index in [0.717, 1.165) is 5.69 Å². The van der Waals surface area contributed by atoms with E-state index in [-0.39, 0.29) is 18.4 Å². The highest BCUT2D eigenvalue weighted by atomic mass is 35.5. The minimum atomic E-state index is -0.257. The monoisotopic (exact) mass is 348 g/mol. The molecule has 1 saturated heterocycles.